The molecule has 0 spiro atoms. The monoisotopic (exact) mass is 524 g/mol. The molecule has 0 bridgehead atoms. The molecular weight excluding hydrogens is 510 g/mol. The third-order valence-electron chi connectivity index (χ3n) is 3.25. The van der Waals surface area contributed by atoms with Gasteiger partial charge in [-0.3, -0.25) is 4.79 Å². The Labute approximate surface area is 155 Å². The van der Waals surface area contributed by atoms with Crippen LogP contribution >= 0.6 is 45.2 Å². The predicted octanol–water partition coefficient (Wildman–Crippen LogP) is 2.46. The smallest absolute Gasteiger partial charge is 0.193 e. The van der Waals surface area contributed by atoms with Gasteiger partial charge in [0.2, 0.25) is 0 Å². The van der Waals surface area contributed by atoms with Gasteiger partial charge in [-0.25, -0.2) is 0 Å². The number of nitrogens with two attached hydrogens (primary N) is 2. The van der Waals surface area contributed by atoms with Gasteiger partial charge in [-0.2, -0.15) is 0 Å². The van der Waals surface area contributed by atoms with Crippen molar-refractivity contribution in [3.63, 3.8) is 0 Å². The van der Waals surface area contributed by atoms with Gasteiger partial charge in [-0.15, -0.1) is 0 Å². The summed E-state index contributed by atoms with van der Waals surface area (Å²) in [6.45, 7) is 0.286. The van der Waals surface area contributed by atoms with Crippen molar-refractivity contribution in [1.29, 1.82) is 0 Å². The Morgan fingerprint density at radius 2 is 1.23 bits per heavy atom. The average Bonchev–Trinajstić information content (AvgIpc) is 2.51. The van der Waals surface area contributed by atoms with E-state index in [4.69, 9.17) is 11.5 Å². The third-order valence-corrected chi connectivity index (χ3v) is 4.89. The lowest BCUT2D eigenvalue weighted by Crippen LogP contribution is -2.07. The van der Waals surface area contributed by atoms with Crippen LogP contribution in [0.3, 0.4) is 0 Å². The molecule has 5 nitrogen and oxygen atoms in total. The van der Waals surface area contributed by atoms with Gasteiger partial charge >= 0.3 is 0 Å². The molecule has 0 aliphatic rings. The molecule has 0 atom stereocenters. The van der Waals surface area contributed by atoms with Crippen LogP contribution in [0.5, 0.6) is 11.5 Å². The van der Waals surface area contributed by atoms with Crippen LogP contribution in [-0.2, 0) is 13.1 Å². The van der Waals surface area contributed by atoms with Crippen molar-refractivity contribution < 1.29 is 15.0 Å². The number of hydrogen-bond donors (Lipinski definition) is 4. The van der Waals surface area contributed by atoms with E-state index in [1.165, 1.54) is 0 Å². The molecule has 7 heteroatoms. The summed E-state index contributed by atoms with van der Waals surface area (Å²) in [7, 11) is 0. The first-order chi connectivity index (χ1) is 10.4. The van der Waals surface area contributed by atoms with Crippen molar-refractivity contribution in [2.45, 2.75) is 13.1 Å². The van der Waals surface area contributed by atoms with E-state index >= 15 is 0 Å². The second-order valence-corrected chi connectivity index (χ2v) is 6.99. The molecule has 0 amide bonds. The molecule has 116 valence electrons. The lowest BCUT2D eigenvalue weighted by molar-refractivity contribution is 0.103. The molecule has 0 aromatic heterocycles. The van der Waals surface area contributed by atoms with Crippen molar-refractivity contribution in [2.24, 2.45) is 11.5 Å². The maximum atomic E-state index is 12.7. The Balaban J connectivity index is 2.53. The number of rotatable bonds is 4. The predicted molar refractivity (Wildman–Crippen MR) is 101 cm³/mol. The maximum Gasteiger partial charge on any atom is 0.193 e. The SMILES string of the molecule is NCc1cc(C(=O)c2cc(I)c(O)c(CN)c2)cc(I)c1O. The van der Waals surface area contributed by atoms with Crippen LogP contribution in [0.25, 0.3) is 0 Å². The normalized spacial score (nSPS) is 10.7. The number of phenolic OH excluding ortho intramolecular Hbond substituents is 2. The fourth-order valence-corrected chi connectivity index (χ4v) is 3.42. The van der Waals surface area contributed by atoms with Crippen LogP contribution in [0.4, 0.5) is 0 Å². The summed E-state index contributed by atoms with van der Waals surface area (Å²) in [6, 6.07) is 6.39. The van der Waals surface area contributed by atoms with Gasteiger partial charge in [0.15, 0.2) is 5.78 Å². The van der Waals surface area contributed by atoms with Crippen molar-refractivity contribution in [2.75, 3.05) is 0 Å². The van der Waals surface area contributed by atoms with E-state index in [2.05, 4.69) is 0 Å². The summed E-state index contributed by atoms with van der Waals surface area (Å²) in [5.41, 5.74) is 13.1. The number of halogens is 2. The maximum absolute atomic E-state index is 12.7. The van der Waals surface area contributed by atoms with E-state index in [-0.39, 0.29) is 30.4 Å². The van der Waals surface area contributed by atoms with Gasteiger partial charge in [-0.05, 0) is 69.4 Å². The van der Waals surface area contributed by atoms with Crippen molar-refractivity contribution in [3.8, 4) is 11.5 Å². The number of ketones is 1. The van der Waals surface area contributed by atoms with Gasteiger partial charge in [0.25, 0.3) is 0 Å². The zero-order valence-electron chi connectivity index (χ0n) is 11.4. The summed E-state index contributed by atoms with van der Waals surface area (Å²) >= 11 is 3.92. The quantitative estimate of drug-likeness (QED) is 0.363. The summed E-state index contributed by atoms with van der Waals surface area (Å²) in [6.07, 6.45) is 0. The summed E-state index contributed by atoms with van der Waals surface area (Å²) in [5, 5.41) is 19.8. The molecule has 22 heavy (non-hydrogen) atoms. The lowest BCUT2D eigenvalue weighted by atomic mass is 9.99. The zero-order valence-corrected chi connectivity index (χ0v) is 15.8. The van der Waals surface area contributed by atoms with E-state index in [1.807, 2.05) is 45.2 Å². The van der Waals surface area contributed by atoms with E-state index in [1.54, 1.807) is 24.3 Å². The highest BCUT2D eigenvalue weighted by molar-refractivity contribution is 14.1. The van der Waals surface area contributed by atoms with Gasteiger partial charge in [0, 0.05) is 35.3 Å². The standard InChI is InChI=1S/C15H14I2N2O3/c16-11-3-7(1-9(5-18)14(11)21)13(20)8-2-10(6-19)15(22)12(17)4-8/h1-4,21-22H,5-6,18-19H2. The first kappa shape index (κ1) is 17.4. The molecular formula is C15H14I2N2O3. The molecule has 2 aromatic rings. The van der Waals surface area contributed by atoms with Crippen LogP contribution in [-0.4, -0.2) is 16.0 Å². The lowest BCUT2D eigenvalue weighted by Gasteiger charge is -2.10. The Morgan fingerprint density at radius 1 is 0.864 bits per heavy atom. The zero-order chi connectivity index (χ0) is 16.4. The minimum absolute atomic E-state index is 0.0996. The van der Waals surface area contributed by atoms with Crippen molar-refractivity contribution in [1.82, 2.24) is 0 Å². The number of carbonyl (C=O) groups is 1. The van der Waals surface area contributed by atoms with Crippen molar-refractivity contribution >= 4 is 51.0 Å². The summed E-state index contributed by atoms with van der Waals surface area (Å²) in [4.78, 5) is 12.7. The molecule has 0 radical (unpaired) electrons. The molecule has 0 fully saturated rings. The van der Waals surface area contributed by atoms with E-state index in [0.717, 1.165) is 0 Å². The first-order valence-electron chi connectivity index (χ1n) is 6.36. The van der Waals surface area contributed by atoms with Crippen LogP contribution < -0.4 is 11.5 Å². The number of benzene rings is 2. The van der Waals surface area contributed by atoms with Gasteiger partial charge < -0.3 is 21.7 Å². The molecule has 0 aliphatic heterocycles. The van der Waals surface area contributed by atoms with Crippen LogP contribution in [0.2, 0.25) is 0 Å². The molecule has 2 rings (SSSR count). The highest BCUT2D eigenvalue weighted by Gasteiger charge is 2.17. The van der Waals surface area contributed by atoms with E-state index in [9.17, 15) is 15.0 Å². The average molecular weight is 524 g/mol. The molecule has 0 saturated heterocycles. The molecule has 0 unspecified atom stereocenters. The highest BCUT2D eigenvalue weighted by atomic mass is 127. The minimum Gasteiger partial charge on any atom is -0.507 e. The van der Waals surface area contributed by atoms with Crippen molar-refractivity contribution in [3.05, 3.63) is 53.7 Å². The summed E-state index contributed by atoms with van der Waals surface area (Å²) in [5.74, 6) is -0.00889. The minimum atomic E-state index is -0.208. The number of aromatic hydroxyl groups is 2. The second kappa shape index (κ2) is 7.11. The Hall–Kier alpha value is -0.910. The van der Waals surface area contributed by atoms with Gasteiger partial charge in [0.1, 0.15) is 11.5 Å². The van der Waals surface area contributed by atoms with Crippen LogP contribution in [0, 0.1) is 7.14 Å². The second-order valence-electron chi connectivity index (χ2n) is 4.67. The summed E-state index contributed by atoms with van der Waals surface area (Å²) < 4.78 is 1.13. The molecule has 0 heterocycles. The topological polar surface area (TPSA) is 110 Å². The number of phenols is 2. The Morgan fingerprint density at radius 3 is 1.55 bits per heavy atom. The molecule has 0 saturated carbocycles. The Bertz CT molecular complexity index is 687. The molecule has 2 aromatic carbocycles. The highest BCUT2D eigenvalue weighted by Crippen LogP contribution is 2.30. The van der Waals surface area contributed by atoms with Crippen LogP contribution in [0.1, 0.15) is 27.0 Å². The van der Waals surface area contributed by atoms with Crippen LogP contribution in [0.15, 0.2) is 24.3 Å². The number of hydrogen-bond acceptors (Lipinski definition) is 5. The van der Waals surface area contributed by atoms with E-state index in [0.29, 0.717) is 29.4 Å². The number of carbonyl (C=O) groups excluding carboxylic acids is 1. The largest absolute Gasteiger partial charge is 0.507 e. The third kappa shape index (κ3) is 3.36. The first-order valence-corrected chi connectivity index (χ1v) is 8.52. The fourth-order valence-electron chi connectivity index (χ4n) is 2.05. The molecule has 6 N–H and O–H groups in total. The van der Waals surface area contributed by atoms with Gasteiger partial charge in [-0.1, -0.05) is 0 Å². The van der Waals surface area contributed by atoms with E-state index < -0.39 is 0 Å². The Kier molecular flexibility index (Phi) is 5.64. The van der Waals surface area contributed by atoms with Gasteiger partial charge in [0.05, 0.1) is 7.14 Å². The molecule has 0 aliphatic carbocycles. The fraction of sp³-hybridized carbons (Fsp3) is 0.133.